The zero-order valence-corrected chi connectivity index (χ0v) is 18.5. The van der Waals surface area contributed by atoms with Gasteiger partial charge < -0.3 is 10.6 Å². The van der Waals surface area contributed by atoms with E-state index in [1.807, 2.05) is 47.8 Å². The summed E-state index contributed by atoms with van der Waals surface area (Å²) in [5.41, 5.74) is 1.65. The zero-order valence-electron chi connectivity index (χ0n) is 17.7. The number of hydrogen-bond donors (Lipinski definition) is 2. The maximum Gasteiger partial charge on any atom is 0.234 e. The Morgan fingerprint density at radius 3 is 2.38 bits per heavy atom. The quantitative estimate of drug-likeness (QED) is 0.558. The lowest BCUT2D eigenvalue weighted by atomic mass is 9.95. The highest BCUT2D eigenvalue weighted by atomic mass is 32.1. The molecule has 1 atom stereocenters. The first kappa shape index (κ1) is 22.2. The van der Waals surface area contributed by atoms with Crippen molar-refractivity contribution >= 4 is 28.8 Å². The number of likely N-dealkylation sites (tertiary alicyclic amines) is 1. The van der Waals surface area contributed by atoms with Crippen LogP contribution in [0.1, 0.15) is 29.3 Å². The summed E-state index contributed by atoms with van der Waals surface area (Å²) in [6.45, 7) is 1.66. The van der Waals surface area contributed by atoms with Crippen LogP contribution < -0.4 is 10.6 Å². The number of rotatable bonds is 7. The van der Waals surface area contributed by atoms with E-state index >= 15 is 0 Å². The number of halogens is 1. The molecule has 0 radical (unpaired) electrons. The molecule has 0 bridgehead atoms. The van der Waals surface area contributed by atoms with Gasteiger partial charge in [0, 0.05) is 16.5 Å². The monoisotopic (exact) mass is 451 g/mol. The Kier molecular flexibility index (Phi) is 7.29. The lowest BCUT2D eigenvalue weighted by Crippen LogP contribution is -2.44. The first-order chi connectivity index (χ1) is 15.6. The second-order valence-electron chi connectivity index (χ2n) is 7.97. The van der Waals surface area contributed by atoms with Gasteiger partial charge in [-0.05, 0) is 67.2 Å². The number of amides is 2. The number of para-hydroxylation sites is 1. The molecule has 2 N–H and O–H groups in total. The van der Waals surface area contributed by atoms with Crippen LogP contribution in [-0.2, 0) is 9.59 Å². The molecule has 1 aromatic heterocycles. The molecule has 2 amide bonds. The highest BCUT2D eigenvalue weighted by Crippen LogP contribution is 2.26. The maximum atomic E-state index is 13.4. The molecule has 1 fully saturated rings. The number of carbonyl (C=O) groups is 2. The zero-order chi connectivity index (χ0) is 22.3. The van der Waals surface area contributed by atoms with Crippen molar-refractivity contribution in [3.63, 3.8) is 0 Å². The van der Waals surface area contributed by atoms with Gasteiger partial charge in [-0.2, -0.15) is 0 Å². The van der Waals surface area contributed by atoms with Crippen LogP contribution in [0.25, 0.3) is 0 Å². The second kappa shape index (κ2) is 10.5. The third-order valence-corrected chi connectivity index (χ3v) is 6.64. The molecule has 7 heteroatoms. The van der Waals surface area contributed by atoms with Crippen molar-refractivity contribution in [1.29, 1.82) is 0 Å². The van der Waals surface area contributed by atoms with Gasteiger partial charge in [-0.15, -0.1) is 11.3 Å². The minimum Gasteiger partial charge on any atom is -0.343 e. The Balaban J connectivity index is 1.30. The first-order valence-corrected chi connectivity index (χ1v) is 11.6. The van der Waals surface area contributed by atoms with Gasteiger partial charge in [0.25, 0.3) is 0 Å². The van der Waals surface area contributed by atoms with Crippen LogP contribution in [0.5, 0.6) is 0 Å². The second-order valence-corrected chi connectivity index (χ2v) is 8.95. The fourth-order valence-electron chi connectivity index (χ4n) is 3.96. The van der Waals surface area contributed by atoms with E-state index in [0.717, 1.165) is 29.0 Å². The Labute approximate surface area is 191 Å². The standard InChI is InChI=1S/C25H26FN3O2S/c26-20-10-8-18(9-11-20)24(22-7-4-16-32-22)28-23(30)17-29-14-12-19(13-15-29)25(31)27-21-5-2-1-3-6-21/h1-11,16,19,24H,12-15,17H2,(H,27,31)(H,28,30). The van der Waals surface area contributed by atoms with E-state index in [9.17, 15) is 14.0 Å². The molecule has 5 nitrogen and oxygen atoms in total. The van der Waals surface area contributed by atoms with Gasteiger partial charge in [-0.25, -0.2) is 4.39 Å². The molecule has 32 heavy (non-hydrogen) atoms. The minimum absolute atomic E-state index is 0.0365. The van der Waals surface area contributed by atoms with Crippen molar-refractivity contribution in [3.8, 4) is 0 Å². The van der Waals surface area contributed by atoms with Crippen LogP contribution in [0, 0.1) is 11.7 Å². The summed E-state index contributed by atoms with van der Waals surface area (Å²) in [4.78, 5) is 28.4. The van der Waals surface area contributed by atoms with Crippen molar-refractivity contribution in [2.24, 2.45) is 5.92 Å². The Hall–Kier alpha value is -3.03. The van der Waals surface area contributed by atoms with Gasteiger partial charge in [-0.3, -0.25) is 14.5 Å². The van der Waals surface area contributed by atoms with Gasteiger partial charge in [-0.1, -0.05) is 36.4 Å². The summed E-state index contributed by atoms with van der Waals surface area (Å²) in [6.07, 6.45) is 1.44. The molecule has 3 aromatic rings. The summed E-state index contributed by atoms with van der Waals surface area (Å²) in [5.74, 6) is -0.397. The van der Waals surface area contributed by atoms with E-state index in [1.165, 1.54) is 12.1 Å². The van der Waals surface area contributed by atoms with Crippen molar-refractivity contribution in [3.05, 3.63) is 88.4 Å². The molecule has 0 aliphatic carbocycles. The predicted molar refractivity (Wildman–Crippen MR) is 125 cm³/mol. The van der Waals surface area contributed by atoms with Crippen LogP contribution in [0.4, 0.5) is 10.1 Å². The van der Waals surface area contributed by atoms with Crippen LogP contribution in [-0.4, -0.2) is 36.3 Å². The summed E-state index contributed by atoms with van der Waals surface area (Å²) in [7, 11) is 0. The molecule has 1 unspecified atom stereocenters. The summed E-state index contributed by atoms with van der Waals surface area (Å²) in [6, 6.07) is 19.3. The van der Waals surface area contributed by atoms with Crippen LogP contribution in [0.15, 0.2) is 72.1 Å². The lowest BCUT2D eigenvalue weighted by molar-refractivity contribution is -0.123. The van der Waals surface area contributed by atoms with E-state index in [-0.39, 0.29) is 36.1 Å². The van der Waals surface area contributed by atoms with E-state index in [2.05, 4.69) is 15.5 Å². The first-order valence-electron chi connectivity index (χ1n) is 10.7. The topological polar surface area (TPSA) is 61.4 Å². The smallest absolute Gasteiger partial charge is 0.234 e. The van der Waals surface area contributed by atoms with Gasteiger partial charge in [0.2, 0.25) is 11.8 Å². The Morgan fingerprint density at radius 1 is 1.00 bits per heavy atom. The molecule has 166 valence electrons. The fraction of sp³-hybridized carbons (Fsp3) is 0.280. The van der Waals surface area contributed by atoms with E-state index in [0.29, 0.717) is 13.1 Å². The van der Waals surface area contributed by atoms with Crippen LogP contribution >= 0.6 is 11.3 Å². The lowest BCUT2D eigenvalue weighted by Gasteiger charge is -2.31. The molecule has 4 rings (SSSR count). The third kappa shape index (κ3) is 5.81. The molecule has 2 aromatic carbocycles. The largest absolute Gasteiger partial charge is 0.343 e. The van der Waals surface area contributed by atoms with Gasteiger partial charge >= 0.3 is 0 Å². The van der Waals surface area contributed by atoms with Gasteiger partial charge in [0.15, 0.2) is 0 Å². The highest BCUT2D eigenvalue weighted by molar-refractivity contribution is 7.10. The summed E-state index contributed by atoms with van der Waals surface area (Å²) < 4.78 is 13.4. The number of anilines is 1. The normalized spacial score (nSPS) is 15.8. The number of hydrogen-bond acceptors (Lipinski definition) is 4. The molecule has 1 aliphatic heterocycles. The molecule has 0 saturated carbocycles. The van der Waals surface area contributed by atoms with Crippen molar-refractivity contribution in [2.75, 3.05) is 25.0 Å². The number of benzene rings is 2. The van der Waals surface area contributed by atoms with Crippen molar-refractivity contribution in [1.82, 2.24) is 10.2 Å². The molecule has 0 spiro atoms. The highest BCUT2D eigenvalue weighted by Gasteiger charge is 2.27. The molecule has 1 aliphatic rings. The predicted octanol–water partition coefficient (Wildman–Crippen LogP) is 4.44. The number of nitrogens with zero attached hydrogens (tertiary/aromatic N) is 1. The van der Waals surface area contributed by atoms with E-state index in [4.69, 9.17) is 0 Å². The average molecular weight is 452 g/mol. The number of carbonyl (C=O) groups excluding carboxylic acids is 2. The van der Waals surface area contributed by atoms with Crippen LogP contribution in [0.3, 0.4) is 0 Å². The maximum absolute atomic E-state index is 13.4. The SMILES string of the molecule is O=C(CN1CCC(C(=O)Nc2ccccc2)CC1)NC(c1ccc(F)cc1)c1cccs1. The Morgan fingerprint density at radius 2 is 1.72 bits per heavy atom. The van der Waals surface area contributed by atoms with E-state index < -0.39 is 0 Å². The number of nitrogens with one attached hydrogen (secondary N) is 2. The van der Waals surface area contributed by atoms with Gasteiger partial charge in [0.1, 0.15) is 5.82 Å². The summed E-state index contributed by atoms with van der Waals surface area (Å²) in [5, 5.41) is 8.03. The van der Waals surface area contributed by atoms with E-state index in [1.54, 1.807) is 23.5 Å². The summed E-state index contributed by atoms with van der Waals surface area (Å²) >= 11 is 1.56. The average Bonchev–Trinajstić information content (AvgIpc) is 3.34. The molecular weight excluding hydrogens is 425 g/mol. The van der Waals surface area contributed by atoms with Crippen LogP contribution in [0.2, 0.25) is 0 Å². The van der Waals surface area contributed by atoms with Crippen molar-refractivity contribution in [2.45, 2.75) is 18.9 Å². The molecular formula is C25H26FN3O2S. The fourth-order valence-corrected chi connectivity index (χ4v) is 4.76. The van der Waals surface area contributed by atoms with Gasteiger partial charge in [0.05, 0.1) is 12.6 Å². The number of piperidine rings is 1. The Bertz CT molecular complexity index is 1020. The molecule has 1 saturated heterocycles. The minimum atomic E-state index is -0.308. The third-order valence-electron chi connectivity index (χ3n) is 5.70. The van der Waals surface area contributed by atoms with Crippen molar-refractivity contribution < 1.29 is 14.0 Å². The number of thiophene rings is 1. The molecule has 2 heterocycles.